The van der Waals surface area contributed by atoms with Crippen LogP contribution in [0.3, 0.4) is 0 Å². The van der Waals surface area contributed by atoms with Crippen molar-refractivity contribution in [3.8, 4) is 22.9 Å². The number of aromatic amines is 2. The minimum absolute atomic E-state index is 0.00103. The molecule has 2 atom stereocenters. The molecule has 0 aliphatic rings. The van der Waals surface area contributed by atoms with Crippen molar-refractivity contribution in [3.63, 3.8) is 0 Å². The molecule has 0 radical (unpaired) electrons. The van der Waals surface area contributed by atoms with Crippen molar-refractivity contribution in [3.05, 3.63) is 101 Å². The van der Waals surface area contributed by atoms with Gasteiger partial charge >= 0.3 is 5.97 Å². The number of ether oxygens (including phenoxy) is 1. The first-order valence-electron chi connectivity index (χ1n) is 11.7. The smallest absolute Gasteiger partial charge is 0.338 e. The fourth-order valence-corrected chi connectivity index (χ4v) is 4.23. The number of nitrogens with zero attached hydrogens (tertiary/aromatic N) is 1. The maximum atomic E-state index is 14.8. The van der Waals surface area contributed by atoms with Gasteiger partial charge < -0.3 is 24.9 Å². The summed E-state index contributed by atoms with van der Waals surface area (Å²) in [4.78, 5) is 20.6. The quantitative estimate of drug-likeness (QED) is 0.181. The number of hydrogen-bond donors (Lipinski definition) is 4. The number of alkyl halides is 1. The van der Waals surface area contributed by atoms with Crippen LogP contribution < -0.4 is 4.74 Å². The van der Waals surface area contributed by atoms with Gasteiger partial charge in [0, 0.05) is 24.1 Å². The molecule has 5 aromatic rings. The van der Waals surface area contributed by atoms with Gasteiger partial charge in [-0.1, -0.05) is 24.3 Å². The van der Waals surface area contributed by atoms with Gasteiger partial charge in [-0.15, -0.1) is 0 Å². The van der Waals surface area contributed by atoms with Gasteiger partial charge in [-0.05, 0) is 42.3 Å². The van der Waals surface area contributed by atoms with Crippen molar-refractivity contribution in [2.45, 2.75) is 25.1 Å². The largest absolute Gasteiger partial charge is 0.479 e. The zero-order valence-corrected chi connectivity index (χ0v) is 20.3. The lowest BCUT2D eigenvalue weighted by molar-refractivity contribution is -0.142. The molecule has 0 saturated carbocycles. The van der Waals surface area contributed by atoms with Crippen LogP contribution in [0.4, 0.5) is 17.6 Å². The summed E-state index contributed by atoms with van der Waals surface area (Å²) in [5, 5.41) is 20.2. The Morgan fingerprint density at radius 3 is 2.67 bits per heavy atom. The van der Waals surface area contributed by atoms with Crippen LogP contribution in [-0.2, 0) is 16.8 Å². The second-order valence-electron chi connectivity index (χ2n) is 9.11. The monoisotopic (exact) mass is 539 g/mol. The molecule has 0 aliphatic carbocycles. The highest BCUT2D eigenvalue weighted by Gasteiger charge is 2.29. The minimum atomic E-state index is -2.10. The predicted octanol–water partition coefficient (Wildman–Crippen LogP) is 5.99. The summed E-state index contributed by atoms with van der Waals surface area (Å²) in [6.07, 6.45) is 0.251. The van der Waals surface area contributed by atoms with E-state index >= 15 is 0 Å². The Balaban J connectivity index is 1.44. The molecule has 0 saturated heterocycles. The Bertz CT molecular complexity index is 1700. The number of aliphatic carboxylic acids is 1. The second-order valence-corrected chi connectivity index (χ2v) is 9.11. The van der Waals surface area contributed by atoms with Crippen molar-refractivity contribution in [2.75, 3.05) is 0 Å². The standard InChI is InChI=1S/C28H21F4N3O4/c1-28(38,15-4-2-3-14(9-15)10-21(31)27(36)37)23-13-34-26(35-23)18-11-16(5-6-19(18)29)39-25-20(30)12-22-17(24(25)32)7-8-33-22/h2-9,11-13,21,33,38H,10H2,1H3,(H,34,35)(H,36,37). The number of fused-ring (bicyclic) bond motifs is 1. The van der Waals surface area contributed by atoms with Crippen LogP contribution in [-0.4, -0.2) is 37.3 Å². The van der Waals surface area contributed by atoms with E-state index in [0.29, 0.717) is 11.1 Å². The lowest BCUT2D eigenvalue weighted by atomic mass is 9.91. The topological polar surface area (TPSA) is 111 Å². The Hall–Kier alpha value is -4.64. The number of benzene rings is 3. The number of aliphatic hydroxyl groups is 1. The van der Waals surface area contributed by atoms with Crippen LogP contribution in [0.5, 0.6) is 11.5 Å². The fourth-order valence-electron chi connectivity index (χ4n) is 4.23. The number of H-pyrrole nitrogens is 2. The minimum Gasteiger partial charge on any atom is -0.479 e. The third-order valence-electron chi connectivity index (χ3n) is 6.39. The number of imidazole rings is 1. The highest BCUT2D eigenvalue weighted by Crippen LogP contribution is 2.36. The van der Waals surface area contributed by atoms with E-state index in [1.165, 1.54) is 49.6 Å². The first-order chi connectivity index (χ1) is 18.5. The molecule has 39 heavy (non-hydrogen) atoms. The summed E-state index contributed by atoms with van der Waals surface area (Å²) in [6, 6.07) is 12.1. The first-order valence-corrected chi connectivity index (χ1v) is 11.7. The van der Waals surface area contributed by atoms with E-state index in [0.717, 1.165) is 12.1 Å². The summed E-state index contributed by atoms with van der Waals surface area (Å²) < 4.78 is 63.3. The van der Waals surface area contributed by atoms with Gasteiger partial charge in [-0.25, -0.2) is 27.3 Å². The maximum absolute atomic E-state index is 14.8. The number of hydrogen-bond acceptors (Lipinski definition) is 4. The summed E-state index contributed by atoms with van der Waals surface area (Å²) >= 11 is 0. The molecular formula is C28H21F4N3O4. The molecule has 0 amide bonds. The Morgan fingerprint density at radius 1 is 1.10 bits per heavy atom. The molecule has 2 heterocycles. The van der Waals surface area contributed by atoms with E-state index < -0.39 is 40.9 Å². The van der Waals surface area contributed by atoms with Crippen LogP contribution >= 0.6 is 0 Å². The molecule has 7 nitrogen and oxygen atoms in total. The molecule has 2 aromatic heterocycles. The zero-order chi connectivity index (χ0) is 27.9. The molecular weight excluding hydrogens is 518 g/mol. The SMILES string of the molecule is CC(O)(c1cccc(CC(F)C(=O)O)c1)c1cnc(-c2cc(Oc3c(F)cc4[nH]ccc4c3F)ccc2F)[nH]1. The number of aromatic nitrogens is 3. The molecule has 0 bridgehead atoms. The summed E-state index contributed by atoms with van der Waals surface area (Å²) in [6.45, 7) is 1.44. The number of carboxylic acid groups (broad SMARTS) is 1. The van der Waals surface area contributed by atoms with Crippen molar-refractivity contribution < 1.29 is 37.3 Å². The zero-order valence-electron chi connectivity index (χ0n) is 20.3. The Morgan fingerprint density at radius 2 is 1.90 bits per heavy atom. The highest BCUT2D eigenvalue weighted by atomic mass is 19.1. The Labute approximate surface area is 218 Å². The predicted molar refractivity (Wildman–Crippen MR) is 134 cm³/mol. The average Bonchev–Trinajstić information content (AvgIpc) is 3.58. The van der Waals surface area contributed by atoms with Gasteiger partial charge in [0.1, 0.15) is 23.0 Å². The molecule has 4 N–H and O–H groups in total. The van der Waals surface area contributed by atoms with E-state index in [9.17, 15) is 27.5 Å². The Kier molecular flexibility index (Phi) is 6.61. The number of rotatable bonds is 8. The fraction of sp³-hybridized carbons (Fsp3) is 0.143. The number of halogens is 4. The molecule has 0 aliphatic heterocycles. The van der Waals surface area contributed by atoms with Crippen LogP contribution in [0.15, 0.2) is 67.0 Å². The third kappa shape index (κ3) is 4.96. The van der Waals surface area contributed by atoms with Crippen molar-refractivity contribution in [2.24, 2.45) is 0 Å². The molecule has 0 spiro atoms. The number of carbonyl (C=O) groups is 1. The summed E-state index contributed by atoms with van der Waals surface area (Å²) in [5.74, 6) is -4.88. The van der Waals surface area contributed by atoms with E-state index in [4.69, 9.17) is 9.84 Å². The van der Waals surface area contributed by atoms with E-state index in [1.54, 1.807) is 12.1 Å². The maximum Gasteiger partial charge on any atom is 0.338 e. The van der Waals surface area contributed by atoms with Crippen molar-refractivity contribution >= 4 is 16.9 Å². The second kappa shape index (κ2) is 9.91. The van der Waals surface area contributed by atoms with E-state index in [-0.39, 0.29) is 40.2 Å². The van der Waals surface area contributed by atoms with Crippen LogP contribution in [0, 0.1) is 17.5 Å². The van der Waals surface area contributed by atoms with Gasteiger partial charge in [0.15, 0.2) is 17.4 Å². The molecule has 200 valence electrons. The van der Waals surface area contributed by atoms with Gasteiger partial charge in [-0.2, -0.15) is 0 Å². The van der Waals surface area contributed by atoms with Gasteiger partial charge in [0.05, 0.1) is 23.0 Å². The van der Waals surface area contributed by atoms with Gasteiger partial charge in [0.2, 0.25) is 6.17 Å². The van der Waals surface area contributed by atoms with Crippen LogP contribution in [0.1, 0.15) is 23.7 Å². The molecule has 0 fully saturated rings. The van der Waals surface area contributed by atoms with Crippen molar-refractivity contribution in [1.82, 2.24) is 15.0 Å². The summed E-state index contributed by atoms with van der Waals surface area (Å²) in [7, 11) is 0. The molecule has 11 heteroatoms. The first kappa shape index (κ1) is 26.0. The molecule has 2 unspecified atom stereocenters. The lowest BCUT2D eigenvalue weighted by Gasteiger charge is -2.23. The van der Waals surface area contributed by atoms with E-state index in [2.05, 4.69) is 15.0 Å². The third-order valence-corrected chi connectivity index (χ3v) is 6.39. The lowest BCUT2D eigenvalue weighted by Crippen LogP contribution is -2.24. The van der Waals surface area contributed by atoms with Crippen LogP contribution in [0.25, 0.3) is 22.3 Å². The number of carboxylic acids is 1. The van der Waals surface area contributed by atoms with Gasteiger partial charge in [0.25, 0.3) is 0 Å². The van der Waals surface area contributed by atoms with E-state index in [1.807, 2.05) is 0 Å². The number of nitrogens with one attached hydrogen (secondary N) is 2. The normalized spacial score (nSPS) is 13.8. The average molecular weight is 539 g/mol. The molecule has 3 aromatic carbocycles. The van der Waals surface area contributed by atoms with Gasteiger partial charge in [-0.3, -0.25) is 0 Å². The molecule has 5 rings (SSSR count). The highest BCUT2D eigenvalue weighted by molar-refractivity contribution is 5.82. The van der Waals surface area contributed by atoms with Crippen LogP contribution in [0.2, 0.25) is 0 Å². The van der Waals surface area contributed by atoms with Crippen molar-refractivity contribution in [1.29, 1.82) is 0 Å². The summed E-state index contributed by atoms with van der Waals surface area (Å²) in [5.41, 5.74) is -0.700.